The summed E-state index contributed by atoms with van der Waals surface area (Å²) in [5, 5.41) is 11.7. The molecule has 0 bridgehead atoms. The highest BCUT2D eigenvalue weighted by Crippen LogP contribution is 2.37. The summed E-state index contributed by atoms with van der Waals surface area (Å²) in [4.78, 5) is 28.4. The summed E-state index contributed by atoms with van der Waals surface area (Å²) < 4.78 is 7.39. The Balaban J connectivity index is 1.60. The third-order valence-electron chi connectivity index (χ3n) is 6.76. The summed E-state index contributed by atoms with van der Waals surface area (Å²) in [6, 6.07) is 1.93. The molecule has 2 amide bonds. The van der Waals surface area contributed by atoms with Crippen LogP contribution in [0.25, 0.3) is 0 Å². The first-order valence-electron chi connectivity index (χ1n) is 11.4. The molecule has 1 aliphatic carbocycles. The van der Waals surface area contributed by atoms with E-state index >= 15 is 0 Å². The lowest BCUT2D eigenvalue weighted by Gasteiger charge is -2.26. The van der Waals surface area contributed by atoms with Gasteiger partial charge in [0.2, 0.25) is 5.91 Å². The molecule has 0 saturated carbocycles. The van der Waals surface area contributed by atoms with Gasteiger partial charge >= 0.3 is 0 Å². The molecular weight excluding hydrogens is 394 g/mol. The topological polar surface area (TPSA) is 93.3 Å². The van der Waals surface area contributed by atoms with E-state index in [2.05, 4.69) is 24.3 Å². The Hall–Kier alpha value is -2.64. The summed E-state index contributed by atoms with van der Waals surface area (Å²) in [5.74, 6) is 0.883. The van der Waals surface area contributed by atoms with Crippen molar-refractivity contribution < 1.29 is 14.1 Å². The number of amides is 2. The third kappa shape index (κ3) is 3.88. The number of hydrogen-bond acceptors (Lipinski definition) is 5. The maximum atomic E-state index is 13.6. The highest BCUT2D eigenvalue weighted by atomic mass is 16.5. The van der Waals surface area contributed by atoms with Gasteiger partial charge in [0.25, 0.3) is 5.91 Å². The number of likely N-dealkylation sites (tertiary alicyclic amines) is 1. The smallest absolute Gasteiger partial charge is 0.272 e. The van der Waals surface area contributed by atoms with Gasteiger partial charge < -0.3 is 14.7 Å². The van der Waals surface area contributed by atoms with E-state index in [0.29, 0.717) is 43.9 Å². The fourth-order valence-electron chi connectivity index (χ4n) is 4.96. The maximum absolute atomic E-state index is 13.6. The average Bonchev–Trinajstić information content (AvgIpc) is 3.50. The number of fused-ring (bicyclic) bond motifs is 1. The van der Waals surface area contributed by atoms with Crippen molar-refractivity contribution in [3.63, 3.8) is 0 Å². The Morgan fingerprint density at radius 1 is 1.29 bits per heavy atom. The highest BCUT2D eigenvalue weighted by molar-refractivity contribution is 5.95. The number of carbonyl (C=O) groups excluding carboxylic acids is 2. The normalized spacial score (nSPS) is 20.9. The number of nitrogens with one attached hydrogen (secondary N) is 1. The zero-order chi connectivity index (χ0) is 22.2. The molecule has 0 aromatic carbocycles. The van der Waals surface area contributed by atoms with Gasteiger partial charge in [-0.3, -0.25) is 14.3 Å². The molecule has 1 N–H and O–H groups in total. The summed E-state index contributed by atoms with van der Waals surface area (Å²) in [6.07, 6.45) is 5.09. The SMILES string of the molecule is CCn1nc2c(c1C(=O)N1CC[C@@](Cc3cc(C(C)C)no3)(C(=O)NC)C1)CCCC2. The van der Waals surface area contributed by atoms with Crippen LogP contribution in [0.4, 0.5) is 0 Å². The fraction of sp³-hybridized carbons (Fsp3) is 0.652. The molecule has 1 saturated heterocycles. The second-order valence-electron chi connectivity index (χ2n) is 9.18. The molecule has 8 nitrogen and oxygen atoms in total. The van der Waals surface area contributed by atoms with E-state index < -0.39 is 5.41 Å². The fourth-order valence-corrected chi connectivity index (χ4v) is 4.96. The lowest BCUT2D eigenvalue weighted by molar-refractivity contribution is -0.130. The summed E-state index contributed by atoms with van der Waals surface area (Å²) in [6.45, 7) is 7.71. The van der Waals surface area contributed by atoms with E-state index in [9.17, 15) is 9.59 Å². The molecule has 1 aliphatic heterocycles. The molecule has 2 aliphatic rings. The van der Waals surface area contributed by atoms with Crippen LogP contribution >= 0.6 is 0 Å². The van der Waals surface area contributed by atoms with E-state index in [4.69, 9.17) is 9.62 Å². The van der Waals surface area contributed by atoms with E-state index in [0.717, 1.165) is 42.6 Å². The van der Waals surface area contributed by atoms with Crippen molar-refractivity contribution in [1.82, 2.24) is 25.2 Å². The number of carbonyl (C=O) groups is 2. The molecule has 1 atom stereocenters. The summed E-state index contributed by atoms with van der Waals surface area (Å²) >= 11 is 0. The first-order valence-corrected chi connectivity index (χ1v) is 11.4. The Morgan fingerprint density at radius 2 is 2.06 bits per heavy atom. The third-order valence-corrected chi connectivity index (χ3v) is 6.76. The van der Waals surface area contributed by atoms with Crippen LogP contribution in [-0.4, -0.2) is 51.8 Å². The molecule has 4 rings (SSSR count). The van der Waals surface area contributed by atoms with Crippen LogP contribution in [0, 0.1) is 5.41 Å². The van der Waals surface area contributed by atoms with Crippen LogP contribution in [-0.2, 0) is 30.6 Å². The van der Waals surface area contributed by atoms with Gasteiger partial charge in [-0.05, 0) is 44.9 Å². The van der Waals surface area contributed by atoms with E-state index in [-0.39, 0.29) is 17.7 Å². The molecule has 1 fully saturated rings. The Labute approximate surface area is 183 Å². The molecular formula is C23H33N5O3. The zero-order valence-corrected chi connectivity index (χ0v) is 19.0. The van der Waals surface area contributed by atoms with Crippen molar-refractivity contribution in [1.29, 1.82) is 0 Å². The lowest BCUT2D eigenvalue weighted by Crippen LogP contribution is -2.44. The number of aryl methyl sites for hydroxylation is 2. The molecule has 0 radical (unpaired) electrons. The van der Waals surface area contributed by atoms with Gasteiger partial charge in [0.05, 0.1) is 16.8 Å². The predicted octanol–water partition coefficient (Wildman–Crippen LogP) is 2.71. The van der Waals surface area contributed by atoms with Crippen LogP contribution < -0.4 is 5.32 Å². The molecule has 168 valence electrons. The Kier molecular flexibility index (Phi) is 5.90. The monoisotopic (exact) mass is 427 g/mol. The number of aromatic nitrogens is 3. The molecule has 8 heteroatoms. The molecule has 3 heterocycles. The minimum atomic E-state index is -0.713. The first-order chi connectivity index (χ1) is 14.9. The highest BCUT2D eigenvalue weighted by Gasteiger charge is 2.47. The lowest BCUT2D eigenvalue weighted by atomic mass is 9.81. The molecule has 2 aromatic heterocycles. The maximum Gasteiger partial charge on any atom is 0.272 e. The van der Waals surface area contributed by atoms with Gasteiger partial charge in [-0.1, -0.05) is 19.0 Å². The second-order valence-corrected chi connectivity index (χ2v) is 9.18. The first kappa shape index (κ1) is 21.6. The quantitative estimate of drug-likeness (QED) is 0.765. The second kappa shape index (κ2) is 8.48. The van der Waals surface area contributed by atoms with Crippen molar-refractivity contribution in [3.8, 4) is 0 Å². The van der Waals surface area contributed by atoms with Crippen LogP contribution in [0.2, 0.25) is 0 Å². The molecule has 31 heavy (non-hydrogen) atoms. The largest absolute Gasteiger partial charge is 0.361 e. The number of rotatable bonds is 6. The van der Waals surface area contributed by atoms with Crippen LogP contribution in [0.5, 0.6) is 0 Å². The standard InChI is InChI=1S/C23H33N5O3/c1-5-28-20(17-8-6-7-9-18(17)25-28)21(29)27-11-10-23(14-27,22(30)24-4)13-16-12-19(15(2)3)26-31-16/h12,15H,5-11,13-14H2,1-4H3,(H,24,30)/t23-/m0/s1. The molecule has 0 unspecified atom stereocenters. The molecule has 2 aromatic rings. The average molecular weight is 428 g/mol. The summed E-state index contributed by atoms with van der Waals surface area (Å²) in [5.41, 5.74) is 3.05. The predicted molar refractivity (Wildman–Crippen MR) is 116 cm³/mol. The van der Waals surface area contributed by atoms with Gasteiger partial charge in [0, 0.05) is 44.7 Å². The summed E-state index contributed by atoms with van der Waals surface area (Å²) in [7, 11) is 1.65. The van der Waals surface area contributed by atoms with Crippen LogP contribution in [0.1, 0.15) is 79.2 Å². The zero-order valence-electron chi connectivity index (χ0n) is 19.0. The van der Waals surface area contributed by atoms with Crippen molar-refractivity contribution >= 4 is 11.8 Å². The van der Waals surface area contributed by atoms with Crippen LogP contribution in [0.15, 0.2) is 10.6 Å². The van der Waals surface area contributed by atoms with Gasteiger partial charge in [-0.15, -0.1) is 0 Å². The van der Waals surface area contributed by atoms with Gasteiger partial charge in [-0.2, -0.15) is 5.10 Å². The van der Waals surface area contributed by atoms with Crippen molar-refractivity contribution in [2.45, 2.75) is 71.8 Å². The van der Waals surface area contributed by atoms with E-state index in [1.807, 2.05) is 22.6 Å². The van der Waals surface area contributed by atoms with Crippen molar-refractivity contribution in [3.05, 3.63) is 34.5 Å². The van der Waals surface area contributed by atoms with Gasteiger partial charge in [0.1, 0.15) is 11.5 Å². The van der Waals surface area contributed by atoms with E-state index in [1.54, 1.807) is 7.05 Å². The number of hydrogen-bond donors (Lipinski definition) is 1. The van der Waals surface area contributed by atoms with Crippen LogP contribution in [0.3, 0.4) is 0 Å². The molecule has 0 spiro atoms. The minimum absolute atomic E-state index is 0.0104. The number of nitrogens with zero attached hydrogens (tertiary/aromatic N) is 4. The van der Waals surface area contributed by atoms with Gasteiger partial charge in [-0.25, -0.2) is 0 Å². The van der Waals surface area contributed by atoms with Crippen molar-refractivity contribution in [2.75, 3.05) is 20.1 Å². The Bertz CT molecular complexity index is 976. The van der Waals surface area contributed by atoms with Crippen molar-refractivity contribution in [2.24, 2.45) is 5.41 Å². The van der Waals surface area contributed by atoms with Gasteiger partial charge in [0.15, 0.2) is 0 Å². The van der Waals surface area contributed by atoms with E-state index in [1.165, 1.54) is 0 Å². The minimum Gasteiger partial charge on any atom is -0.361 e. The Morgan fingerprint density at radius 3 is 2.74 bits per heavy atom.